The number of rotatable bonds is 5. The highest BCUT2D eigenvalue weighted by Crippen LogP contribution is 2.24. The molecule has 0 aromatic heterocycles. The quantitative estimate of drug-likeness (QED) is 0.474. The maximum absolute atomic E-state index is 12.0. The Balaban J connectivity index is 2.93. The molecule has 0 amide bonds. The molecule has 0 aliphatic rings. The number of methoxy groups -OCH3 is 2. The average molecular weight is 319 g/mol. The van der Waals surface area contributed by atoms with Gasteiger partial charge in [0.1, 0.15) is 0 Å². The lowest BCUT2D eigenvalue weighted by Crippen LogP contribution is -2.28. The SMILES string of the molecule is COC(=O)C(CC(=O)c1ccc(Cl)c(Cl)c1)C(=O)OC. The molecule has 1 rings (SSSR count). The van der Waals surface area contributed by atoms with Gasteiger partial charge in [0.15, 0.2) is 11.7 Å². The number of ether oxygens (including phenoxy) is 2. The summed E-state index contributed by atoms with van der Waals surface area (Å²) in [6.07, 6.45) is -0.364. The number of ketones is 1. The molecule has 0 bridgehead atoms. The molecule has 20 heavy (non-hydrogen) atoms. The molecule has 0 saturated heterocycles. The van der Waals surface area contributed by atoms with Crippen molar-refractivity contribution in [3.8, 4) is 0 Å². The van der Waals surface area contributed by atoms with Crippen LogP contribution < -0.4 is 0 Å². The second kappa shape index (κ2) is 7.26. The van der Waals surface area contributed by atoms with E-state index >= 15 is 0 Å². The Morgan fingerprint density at radius 3 is 2.05 bits per heavy atom. The van der Waals surface area contributed by atoms with E-state index in [9.17, 15) is 14.4 Å². The van der Waals surface area contributed by atoms with E-state index in [1.165, 1.54) is 18.2 Å². The van der Waals surface area contributed by atoms with Crippen LogP contribution in [0.5, 0.6) is 0 Å². The lowest BCUT2D eigenvalue weighted by Gasteiger charge is -2.11. The van der Waals surface area contributed by atoms with Crippen LogP contribution in [-0.2, 0) is 19.1 Å². The topological polar surface area (TPSA) is 69.7 Å². The summed E-state index contributed by atoms with van der Waals surface area (Å²) in [4.78, 5) is 35.0. The first-order chi connectivity index (χ1) is 9.40. The van der Waals surface area contributed by atoms with E-state index in [1.807, 2.05) is 0 Å². The molecule has 0 atom stereocenters. The summed E-state index contributed by atoms with van der Waals surface area (Å²) in [7, 11) is 2.25. The lowest BCUT2D eigenvalue weighted by molar-refractivity contribution is -0.158. The fourth-order valence-corrected chi connectivity index (χ4v) is 1.82. The minimum absolute atomic E-state index is 0.213. The smallest absolute Gasteiger partial charge is 0.320 e. The normalized spacial score (nSPS) is 10.2. The summed E-state index contributed by atoms with van der Waals surface area (Å²) in [5, 5.41) is 0.519. The fraction of sp³-hybridized carbons (Fsp3) is 0.308. The highest BCUT2D eigenvalue weighted by atomic mass is 35.5. The first kappa shape index (κ1) is 16.5. The lowest BCUT2D eigenvalue weighted by atomic mass is 9.98. The molecule has 1 aromatic carbocycles. The van der Waals surface area contributed by atoms with Crippen molar-refractivity contribution in [2.75, 3.05) is 14.2 Å². The fourth-order valence-electron chi connectivity index (χ4n) is 1.52. The van der Waals surface area contributed by atoms with Crippen molar-refractivity contribution in [3.63, 3.8) is 0 Å². The van der Waals surface area contributed by atoms with E-state index in [2.05, 4.69) is 9.47 Å². The Labute approximate surface area is 125 Å². The van der Waals surface area contributed by atoms with Gasteiger partial charge in [-0.15, -0.1) is 0 Å². The van der Waals surface area contributed by atoms with Gasteiger partial charge >= 0.3 is 11.9 Å². The van der Waals surface area contributed by atoms with Crippen molar-refractivity contribution in [2.45, 2.75) is 6.42 Å². The molecule has 5 nitrogen and oxygen atoms in total. The Morgan fingerprint density at radius 1 is 1.05 bits per heavy atom. The van der Waals surface area contributed by atoms with E-state index < -0.39 is 23.6 Å². The molecule has 1 aromatic rings. The third-order valence-corrected chi connectivity index (χ3v) is 3.34. The molecule has 7 heteroatoms. The van der Waals surface area contributed by atoms with Crippen LogP contribution in [0.4, 0.5) is 0 Å². The Bertz CT molecular complexity index is 526. The predicted molar refractivity (Wildman–Crippen MR) is 72.9 cm³/mol. The van der Waals surface area contributed by atoms with Gasteiger partial charge in [0.2, 0.25) is 0 Å². The zero-order valence-electron chi connectivity index (χ0n) is 10.8. The molecule has 0 aliphatic heterocycles. The van der Waals surface area contributed by atoms with Crippen LogP contribution in [0.2, 0.25) is 10.0 Å². The third-order valence-electron chi connectivity index (χ3n) is 2.60. The van der Waals surface area contributed by atoms with Crippen molar-refractivity contribution in [3.05, 3.63) is 33.8 Å². The van der Waals surface area contributed by atoms with Crippen molar-refractivity contribution in [1.82, 2.24) is 0 Å². The second-order valence-corrected chi connectivity index (χ2v) is 4.67. The van der Waals surface area contributed by atoms with E-state index in [0.717, 1.165) is 14.2 Å². The second-order valence-electron chi connectivity index (χ2n) is 3.86. The van der Waals surface area contributed by atoms with Gasteiger partial charge in [0.05, 0.1) is 24.3 Å². The van der Waals surface area contributed by atoms with Gasteiger partial charge in [0, 0.05) is 12.0 Å². The first-order valence-electron chi connectivity index (χ1n) is 5.54. The van der Waals surface area contributed by atoms with E-state index in [-0.39, 0.29) is 17.0 Å². The first-order valence-corrected chi connectivity index (χ1v) is 6.30. The third kappa shape index (κ3) is 3.95. The number of carbonyl (C=O) groups is 3. The number of Topliss-reactive ketones (excluding diaryl/α,β-unsaturated/α-hetero) is 1. The number of carbonyl (C=O) groups excluding carboxylic acids is 3. The summed E-state index contributed by atoms with van der Waals surface area (Å²) in [5.74, 6) is -3.40. The zero-order chi connectivity index (χ0) is 15.3. The van der Waals surface area contributed by atoms with Crippen LogP contribution in [-0.4, -0.2) is 31.9 Å². The van der Waals surface area contributed by atoms with Crippen molar-refractivity contribution < 1.29 is 23.9 Å². The monoisotopic (exact) mass is 318 g/mol. The Kier molecular flexibility index (Phi) is 5.98. The Hall–Kier alpha value is -1.59. The predicted octanol–water partition coefficient (Wildman–Crippen LogP) is 2.53. The molecular weight excluding hydrogens is 307 g/mol. The maximum Gasteiger partial charge on any atom is 0.320 e. The number of hydrogen-bond acceptors (Lipinski definition) is 5. The van der Waals surface area contributed by atoms with Gasteiger partial charge in [0.25, 0.3) is 0 Å². The van der Waals surface area contributed by atoms with Gasteiger partial charge < -0.3 is 9.47 Å². The van der Waals surface area contributed by atoms with Crippen LogP contribution in [0, 0.1) is 5.92 Å². The summed E-state index contributed by atoms with van der Waals surface area (Å²) in [5.41, 5.74) is 0.247. The van der Waals surface area contributed by atoms with Gasteiger partial charge in [-0.25, -0.2) is 0 Å². The van der Waals surface area contributed by atoms with Crippen molar-refractivity contribution in [2.24, 2.45) is 5.92 Å². The largest absolute Gasteiger partial charge is 0.468 e. The molecule has 108 valence electrons. The minimum Gasteiger partial charge on any atom is -0.468 e. The average Bonchev–Trinajstić information content (AvgIpc) is 2.45. The van der Waals surface area contributed by atoms with E-state index in [0.29, 0.717) is 5.02 Å². The van der Waals surface area contributed by atoms with Crippen LogP contribution in [0.25, 0.3) is 0 Å². The van der Waals surface area contributed by atoms with Crippen molar-refractivity contribution >= 4 is 40.9 Å². The summed E-state index contributed by atoms with van der Waals surface area (Å²) >= 11 is 11.6. The maximum atomic E-state index is 12.0. The standard InChI is InChI=1S/C13H12Cl2O5/c1-19-12(17)8(13(18)20-2)6-11(16)7-3-4-9(14)10(15)5-7/h3-5,8H,6H2,1-2H3. The molecule has 0 saturated carbocycles. The highest BCUT2D eigenvalue weighted by Gasteiger charge is 2.31. The van der Waals surface area contributed by atoms with Crippen molar-refractivity contribution in [1.29, 1.82) is 0 Å². The van der Waals surface area contributed by atoms with Crippen LogP contribution in [0.1, 0.15) is 16.8 Å². The van der Waals surface area contributed by atoms with Crippen LogP contribution in [0.3, 0.4) is 0 Å². The van der Waals surface area contributed by atoms with Crippen LogP contribution >= 0.6 is 23.2 Å². The number of benzene rings is 1. The van der Waals surface area contributed by atoms with Crippen LogP contribution in [0.15, 0.2) is 18.2 Å². The van der Waals surface area contributed by atoms with E-state index in [4.69, 9.17) is 23.2 Å². The number of esters is 2. The molecular formula is C13H12Cl2O5. The molecule has 0 fully saturated rings. The Morgan fingerprint density at radius 2 is 1.60 bits per heavy atom. The summed E-state index contributed by atoms with van der Waals surface area (Å²) in [6.45, 7) is 0. The minimum atomic E-state index is -1.30. The van der Waals surface area contributed by atoms with Gasteiger partial charge in [-0.05, 0) is 18.2 Å². The molecule has 0 unspecified atom stereocenters. The summed E-state index contributed by atoms with van der Waals surface area (Å²) < 4.78 is 8.95. The molecule has 0 heterocycles. The van der Waals surface area contributed by atoms with Gasteiger partial charge in [-0.2, -0.15) is 0 Å². The summed E-state index contributed by atoms with van der Waals surface area (Å²) in [6, 6.07) is 4.29. The molecule has 0 aliphatic carbocycles. The van der Waals surface area contributed by atoms with Gasteiger partial charge in [-0.3, -0.25) is 14.4 Å². The highest BCUT2D eigenvalue weighted by molar-refractivity contribution is 6.42. The molecule has 0 N–H and O–H groups in total. The number of halogens is 2. The molecule has 0 spiro atoms. The molecule has 0 radical (unpaired) electrons. The number of hydrogen-bond donors (Lipinski definition) is 0. The zero-order valence-corrected chi connectivity index (χ0v) is 12.3. The van der Waals surface area contributed by atoms with E-state index in [1.54, 1.807) is 0 Å². The van der Waals surface area contributed by atoms with Gasteiger partial charge in [-0.1, -0.05) is 23.2 Å².